The first-order valence-corrected chi connectivity index (χ1v) is 7.33. The van der Waals surface area contributed by atoms with Gasteiger partial charge in [0.1, 0.15) is 11.5 Å². The fourth-order valence-electron chi connectivity index (χ4n) is 2.68. The first-order valence-electron chi connectivity index (χ1n) is 7.33. The molecule has 0 aromatic carbocycles. The van der Waals surface area contributed by atoms with E-state index in [1.54, 1.807) is 4.90 Å². The van der Waals surface area contributed by atoms with Gasteiger partial charge in [-0.1, -0.05) is 0 Å². The number of halogens is 3. The molecule has 2 aromatic rings. The van der Waals surface area contributed by atoms with Crippen LogP contribution in [0.25, 0.3) is 11.5 Å². The third-order valence-electron chi connectivity index (χ3n) is 3.74. The summed E-state index contributed by atoms with van der Waals surface area (Å²) in [5.74, 6) is 0.199. The number of amides is 1. The number of nitrogens with zero attached hydrogens (tertiary/aromatic N) is 3. The normalized spacial score (nSPS) is 18.0. The van der Waals surface area contributed by atoms with Crippen LogP contribution in [0.4, 0.5) is 19.0 Å². The highest BCUT2D eigenvalue weighted by Gasteiger charge is 2.33. The molecule has 0 radical (unpaired) electrons. The minimum atomic E-state index is -4.50. The highest BCUT2D eigenvalue weighted by molar-refractivity contribution is 5.73. The maximum atomic E-state index is 13.2. The summed E-state index contributed by atoms with van der Waals surface area (Å²) in [6.07, 6.45) is -1.39. The molecule has 1 aliphatic heterocycles. The van der Waals surface area contributed by atoms with Crippen molar-refractivity contribution in [3.05, 3.63) is 30.3 Å². The maximum absolute atomic E-state index is 13.2. The maximum Gasteiger partial charge on any atom is 0.416 e. The van der Waals surface area contributed by atoms with Crippen LogP contribution in [0.3, 0.4) is 0 Å². The van der Waals surface area contributed by atoms with Crippen LogP contribution < -0.4 is 10.2 Å². The molecule has 1 saturated heterocycles. The number of pyridine rings is 1. The third-order valence-corrected chi connectivity index (χ3v) is 3.74. The van der Waals surface area contributed by atoms with Crippen molar-refractivity contribution < 1.29 is 22.4 Å². The first-order chi connectivity index (χ1) is 11.3. The van der Waals surface area contributed by atoms with Gasteiger partial charge < -0.3 is 14.6 Å². The standard InChI is InChI=1S/C15H15F3N4O2/c1-9(23)20-11-2-3-22(7-11)14-5-10(15(16,17)18)4-12(21-14)13-6-19-8-24-13/h4-6,8,11H,2-3,7H2,1H3,(H,20,23). The molecule has 0 saturated carbocycles. The molecule has 3 rings (SSSR count). The predicted molar refractivity (Wildman–Crippen MR) is 79.2 cm³/mol. The second-order valence-corrected chi connectivity index (χ2v) is 5.59. The zero-order valence-electron chi connectivity index (χ0n) is 12.8. The van der Waals surface area contributed by atoms with Crippen LogP contribution in [-0.4, -0.2) is 35.0 Å². The third kappa shape index (κ3) is 3.50. The number of rotatable bonds is 3. The van der Waals surface area contributed by atoms with E-state index in [1.165, 1.54) is 13.1 Å². The number of anilines is 1. The molecule has 0 aliphatic carbocycles. The number of hydrogen-bond donors (Lipinski definition) is 1. The van der Waals surface area contributed by atoms with Crippen LogP contribution in [0.15, 0.2) is 29.1 Å². The number of nitrogens with one attached hydrogen (secondary N) is 1. The highest BCUT2D eigenvalue weighted by atomic mass is 19.4. The van der Waals surface area contributed by atoms with Crippen molar-refractivity contribution in [1.82, 2.24) is 15.3 Å². The Hall–Kier alpha value is -2.58. The van der Waals surface area contributed by atoms with Crippen molar-refractivity contribution in [3.8, 4) is 11.5 Å². The van der Waals surface area contributed by atoms with Crippen LogP contribution in [0.1, 0.15) is 18.9 Å². The summed E-state index contributed by atoms with van der Waals surface area (Å²) in [4.78, 5) is 20.8. The average molecular weight is 340 g/mol. The molecule has 1 atom stereocenters. The number of carbonyl (C=O) groups is 1. The second kappa shape index (κ2) is 6.14. The molecule has 24 heavy (non-hydrogen) atoms. The quantitative estimate of drug-likeness (QED) is 0.929. The van der Waals surface area contributed by atoms with E-state index in [1.807, 2.05) is 0 Å². The molecule has 0 bridgehead atoms. The van der Waals surface area contributed by atoms with Crippen molar-refractivity contribution in [2.24, 2.45) is 0 Å². The van der Waals surface area contributed by atoms with E-state index in [0.29, 0.717) is 19.5 Å². The fourth-order valence-corrected chi connectivity index (χ4v) is 2.68. The summed E-state index contributed by atoms with van der Waals surface area (Å²) in [7, 11) is 0. The molecule has 6 nitrogen and oxygen atoms in total. The van der Waals surface area contributed by atoms with Crippen molar-refractivity contribution >= 4 is 11.7 Å². The van der Waals surface area contributed by atoms with E-state index in [2.05, 4.69) is 15.3 Å². The van der Waals surface area contributed by atoms with Gasteiger partial charge in [-0.05, 0) is 18.6 Å². The van der Waals surface area contributed by atoms with Crippen LogP contribution in [0.5, 0.6) is 0 Å². The van der Waals surface area contributed by atoms with Gasteiger partial charge in [0.05, 0.1) is 11.8 Å². The Morgan fingerprint density at radius 1 is 1.42 bits per heavy atom. The van der Waals surface area contributed by atoms with E-state index >= 15 is 0 Å². The number of carbonyl (C=O) groups excluding carboxylic acids is 1. The van der Waals surface area contributed by atoms with Crippen LogP contribution >= 0.6 is 0 Å². The van der Waals surface area contributed by atoms with Gasteiger partial charge in [0.2, 0.25) is 5.91 Å². The Kier molecular flexibility index (Phi) is 4.16. The molecule has 9 heteroatoms. The van der Waals surface area contributed by atoms with Crippen LogP contribution in [-0.2, 0) is 11.0 Å². The molecule has 1 fully saturated rings. The largest absolute Gasteiger partial charge is 0.442 e. The van der Waals surface area contributed by atoms with E-state index in [0.717, 1.165) is 18.5 Å². The zero-order chi connectivity index (χ0) is 17.3. The van der Waals surface area contributed by atoms with Crippen LogP contribution in [0, 0.1) is 0 Å². The molecule has 1 N–H and O–H groups in total. The summed E-state index contributed by atoms with van der Waals surface area (Å²) in [5.41, 5.74) is -0.734. The minimum Gasteiger partial charge on any atom is -0.442 e. The van der Waals surface area contributed by atoms with Crippen molar-refractivity contribution in [3.63, 3.8) is 0 Å². The van der Waals surface area contributed by atoms with E-state index < -0.39 is 11.7 Å². The van der Waals surface area contributed by atoms with E-state index in [9.17, 15) is 18.0 Å². The number of hydrogen-bond acceptors (Lipinski definition) is 5. The van der Waals surface area contributed by atoms with Gasteiger partial charge in [0, 0.05) is 26.1 Å². The molecule has 2 aromatic heterocycles. The Morgan fingerprint density at radius 3 is 2.83 bits per heavy atom. The lowest BCUT2D eigenvalue weighted by atomic mass is 10.2. The van der Waals surface area contributed by atoms with Gasteiger partial charge in [-0.25, -0.2) is 9.97 Å². The number of oxazole rings is 1. The van der Waals surface area contributed by atoms with Crippen molar-refractivity contribution in [2.45, 2.75) is 25.6 Å². The molecule has 128 valence electrons. The van der Waals surface area contributed by atoms with Crippen molar-refractivity contribution in [1.29, 1.82) is 0 Å². The Morgan fingerprint density at radius 2 is 2.21 bits per heavy atom. The monoisotopic (exact) mass is 340 g/mol. The summed E-state index contributed by atoms with van der Waals surface area (Å²) >= 11 is 0. The SMILES string of the molecule is CC(=O)NC1CCN(c2cc(C(F)(F)F)cc(-c3cnco3)n2)C1. The topological polar surface area (TPSA) is 71.3 Å². The van der Waals surface area contributed by atoms with Gasteiger partial charge in [-0.3, -0.25) is 4.79 Å². The van der Waals surface area contributed by atoms with Gasteiger partial charge in [0.25, 0.3) is 0 Å². The van der Waals surface area contributed by atoms with Crippen LogP contribution in [0.2, 0.25) is 0 Å². The zero-order valence-corrected chi connectivity index (χ0v) is 12.8. The van der Waals surface area contributed by atoms with Gasteiger partial charge in [0.15, 0.2) is 12.2 Å². The lowest BCUT2D eigenvalue weighted by Gasteiger charge is -2.20. The van der Waals surface area contributed by atoms with Crippen molar-refractivity contribution in [2.75, 3.05) is 18.0 Å². The van der Waals surface area contributed by atoms with E-state index in [-0.39, 0.29) is 29.2 Å². The lowest BCUT2D eigenvalue weighted by Crippen LogP contribution is -2.35. The lowest BCUT2D eigenvalue weighted by molar-refractivity contribution is -0.137. The fraction of sp³-hybridized carbons (Fsp3) is 0.400. The Balaban J connectivity index is 1.93. The smallest absolute Gasteiger partial charge is 0.416 e. The summed E-state index contributed by atoms with van der Waals surface area (Å²) in [5, 5.41) is 2.77. The molecule has 1 unspecified atom stereocenters. The Labute approximate surface area is 135 Å². The highest BCUT2D eigenvalue weighted by Crippen LogP contribution is 2.34. The molecular weight excluding hydrogens is 325 g/mol. The predicted octanol–water partition coefficient (Wildman–Crippen LogP) is 2.47. The summed E-state index contributed by atoms with van der Waals surface area (Å²) in [6, 6.07) is 1.84. The number of alkyl halides is 3. The first kappa shape index (κ1) is 16.3. The molecule has 3 heterocycles. The minimum absolute atomic E-state index is 0.0697. The molecule has 1 aliphatic rings. The molecule has 0 spiro atoms. The Bertz CT molecular complexity index is 731. The molecular formula is C15H15F3N4O2. The van der Waals surface area contributed by atoms with E-state index in [4.69, 9.17) is 4.42 Å². The van der Waals surface area contributed by atoms with Gasteiger partial charge in [-0.15, -0.1) is 0 Å². The second-order valence-electron chi connectivity index (χ2n) is 5.59. The summed E-state index contributed by atoms with van der Waals surface area (Å²) < 4.78 is 44.6. The summed E-state index contributed by atoms with van der Waals surface area (Å²) in [6.45, 7) is 2.33. The number of aromatic nitrogens is 2. The van der Waals surface area contributed by atoms with Gasteiger partial charge in [-0.2, -0.15) is 13.2 Å². The van der Waals surface area contributed by atoms with Gasteiger partial charge >= 0.3 is 6.18 Å². The molecule has 1 amide bonds. The average Bonchev–Trinajstić information content (AvgIpc) is 3.16.